The van der Waals surface area contributed by atoms with Crippen LogP contribution >= 0.6 is 0 Å². The highest BCUT2D eigenvalue weighted by Crippen LogP contribution is 2.20. The summed E-state index contributed by atoms with van der Waals surface area (Å²) in [7, 11) is 0. The first-order valence-electron chi connectivity index (χ1n) is 8.91. The van der Waals surface area contributed by atoms with E-state index in [1.54, 1.807) is 0 Å². The first kappa shape index (κ1) is 19.4. The summed E-state index contributed by atoms with van der Waals surface area (Å²) in [6.45, 7) is 7.28. The van der Waals surface area contributed by atoms with Gasteiger partial charge in [-0.2, -0.15) is 0 Å². The molecule has 25 heavy (non-hydrogen) atoms. The summed E-state index contributed by atoms with van der Waals surface area (Å²) in [5.74, 6) is -0.300. The van der Waals surface area contributed by atoms with Crippen LogP contribution in [-0.2, 0) is 16.1 Å². The van der Waals surface area contributed by atoms with Crippen molar-refractivity contribution >= 4 is 11.8 Å². The standard InChI is InChI=1S/C19H28FN3O2/c1-14(2)17-13-23(19(25)9-8-18(21)24)11-3-10-22(17)12-15-4-6-16(20)7-5-15/h4-7,14,17H,3,8-13H2,1-2H3,(H2,21,24)/t17-/m0/s1. The second-order valence-corrected chi connectivity index (χ2v) is 7.07. The molecule has 0 unspecified atom stereocenters. The van der Waals surface area contributed by atoms with E-state index in [1.807, 2.05) is 17.0 Å². The minimum Gasteiger partial charge on any atom is -0.370 e. The van der Waals surface area contributed by atoms with Crippen LogP contribution in [0.25, 0.3) is 0 Å². The van der Waals surface area contributed by atoms with Gasteiger partial charge in [-0.3, -0.25) is 14.5 Å². The van der Waals surface area contributed by atoms with Crippen molar-refractivity contribution in [3.05, 3.63) is 35.6 Å². The van der Waals surface area contributed by atoms with Crippen LogP contribution in [0.4, 0.5) is 4.39 Å². The highest BCUT2D eigenvalue weighted by atomic mass is 19.1. The van der Waals surface area contributed by atoms with Crippen LogP contribution in [0.3, 0.4) is 0 Å². The SMILES string of the molecule is CC(C)[C@@H]1CN(C(=O)CCC(N)=O)CCCN1Cc1ccc(F)cc1. The Morgan fingerprint density at radius 2 is 1.88 bits per heavy atom. The molecule has 0 saturated carbocycles. The second-order valence-electron chi connectivity index (χ2n) is 7.07. The first-order valence-corrected chi connectivity index (χ1v) is 8.91. The van der Waals surface area contributed by atoms with Gasteiger partial charge in [0.25, 0.3) is 0 Å². The van der Waals surface area contributed by atoms with Crippen molar-refractivity contribution in [3.8, 4) is 0 Å². The lowest BCUT2D eigenvalue weighted by Crippen LogP contribution is -2.45. The third-order valence-electron chi connectivity index (χ3n) is 4.76. The number of primary amides is 1. The Morgan fingerprint density at radius 1 is 1.20 bits per heavy atom. The summed E-state index contributed by atoms with van der Waals surface area (Å²) in [6.07, 6.45) is 1.16. The molecule has 1 heterocycles. The fourth-order valence-electron chi connectivity index (χ4n) is 3.33. The largest absolute Gasteiger partial charge is 0.370 e. The van der Waals surface area contributed by atoms with Gasteiger partial charge in [0, 0.05) is 45.1 Å². The molecule has 1 saturated heterocycles. The number of benzene rings is 1. The van der Waals surface area contributed by atoms with Crippen LogP contribution in [0.15, 0.2) is 24.3 Å². The fourth-order valence-corrected chi connectivity index (χ4v) is 3.33. The molecule has 0 radical (unpaired) electrons. The van der Waals surface area contributed by atoms with E-state index in [4.69, 9.17) is 5.73 Å². The zero-order valence-electron chi connectivity index (χ0n) is 15.1. The molecule has 2 amide bonds. The first-order chi connectivity index (χ1) is 11.9. The summed E-state index contributed by atoms with van der Waals surface area (Å²) in [6, 6.07) is 6.82. The van der Waals surface area contributed by atoms with Crippen molar-refractivity contribution in [2.45, 2.75) is 45.7 Å². The van der Waals surface area contributed by atoms with Crippen LogP contribution in [0.2, 0.25) is 0 Å². The molecule has 0 aromatic heterocycles. The van der Waals surface area contributed by atoms with Crippen molar-refractivity contribution < 1.29 is 14.0 Å². The number of hydrogen-bond acceptors (Lipinski definition) is 3. The Kier molecular flexibility index (Phi) is 6.93. The molecule has 2 rings (SSSR count). The molecule has 138 valence electrons. The van der Waals surface area contributed by atoms with E-state index in [0.717, 1.165) is 25.1 Å². The predicted molar refractivity (Wildman–Crippen MR) is 95.1 cm³/mol. The third kappa shape index (κ3) is 5.81. The molecule has 1 aliphatic rings. The van der Waals surface area contributed by atoms with Crippen LogP contribution in [0.5, 0.6) is 0 Å². The Hall–Kier alpha value is -1.95. The number of halogens is 1. The summed E-state index contributed by atoms with van der Waals surface area (Å²) in [5.41, 5.74) is 6.22. The molecule has 0 bridgehead atoms. The summed E-state index contributed by atoms with van der Waals surface area (Å²) in [5, 5.41) is 0. The van der Waals surface area contributed by atoms with Crippen molar-refractivity contribution in [3.63, 3.8) is 0 Å². The zero-order valence-corrected chi connectivity index (χ0v) is 15.1. The fraction of sp³-hybridized carbons (Fsp3) is 0.579. The Morgan fingerprint density at radius 3 is 2.48 bits per heavy atom. The number of nitrogens with two attached hydrogens (primary N) is 1. The van der Waals surface area contributed by atoms with Gasteiger partial charge in [-0.25, -0.2) is 4.39 Å². The molecule has 1 atom stereocenters. The van der Waals surface area contributed by atoms with Gasteiger partial charge < -0.3 is 10.6 Å². The quantitative estimate of drug-likeness (QED) is 0.856. The normalized spacial score (nSPS) is 19.0. The number of rotatable bonds is 6. The second kappa shape index (κ2) is 8.94. The molecule has 1 aromatic rings. The Bertz CT molecular complexity index is 589. The third-order valence-corrected chi connectivity index (χ3v) is 4.76. The minimum atomic E-state index is -0.443. The predicted octanol–water partition coefficient (Wildman–Crippen LogP) is 2.15. The van der Waals surface area contributed by atoms with Crippen LogP contribution in [0.1, 0.15) is 38.7 Å². The average Bonchev–Trinajstić information content (AvgIpc) is 2.77. The topological polar surface area (TPSA) is 66.6 Å². The molecule has 1 aromatic carbocycles. The van der Waals surface area contributed by atoms with Gasteiger partial charge >= 0.3 is 0 Å². The Labute approximate surface area is 149 Å². The molecular weight excluding hydrogens is 321 g/mol. The highest BCUT2D eigenvalue weighted by Gasteiger charge is 2.29. The van der Waals surface area contributed by atoms with E-state index >= 15 is 0 Å². The number of nitrogens with zero attached hydrogens (tertiary/aromatic N) is 2. The van der Waals surface area contributed by atoms with Gasteiger partial charge in [-0.15, -0.1) is 0 Å². The molecule has 1 fully saturated rings. The zero-order chi connectivity index (χ0) is 18.4. The van der Waals surface area contributed by atoms with E-state index in [9.17, 15) is 14.0 Å². The van der Waals surface area contributed by atoms with Gasteiger partial charge in [-0.05, 0) is 30.0 Å². The molecular formula is C19H28FN3O2. The molecule has 5 nitrogen and oxygen atoms in total. The van der Waals surface area contributed by atoms with Crippen molar-refractivity contribution in [2.24, 2.45) is 11.7 Å². The van der Waals surface area contributed by atoms with Gasteiger partial charge in [-0.1, -0.05) is 26.0 Å². The highest BCUT2D eigenvalue weighted by molar-refractivity contribution is 5.82. The number of hydrogen-bond donors (Lipinski definition) is 1. The molecule has 0 spiro atoms. The van der Waals surface area contributed by atoms with Crippen molar-refractivity contribution in [2.75, 3.05) is 19.6 Å². The van der Waals surface area contributed by atoms with Crippen molar-refractivity contribution in [1.82, 2.24) is 9.80 Å². The van der Waals surface area contributed by atoms with E-state index in [-0.39, 0.29) is 30.6 Å². The number of amides is 2. The van der Waals surface area contributed by atoms with Gasteiger partial charge in [0.2, 0.25) is 11.8 Å². The lowest BCUT2D eigenvalue weighted by Gasteiger charge is -2.34. The average molecular weight is 349 g/mol. The molecule has 2 N–H and O–H groups in total. The molecule has 0 aliphatic carbocycles. The van der Waals surface area contributed by atoms with E-state index < -0.39 is 5.91 Å². The summed E-state index contributed by atoms with van der Waals surface area (Å²) >= 11 is 0. The van der Waals surface area contributed by atoms with Crippen LogP contribution < -0.4 is 5.73 Å². The minimum absolute atomic E-state index is 0.00641. The van der Waals surface area contributed by atoms with E-state index in [1.165, 1.54) is 12.1 Å². The number of carbonyl (C=O) groups excluding carboxylic acids is 2. The maximum Gasteiger partial charge on any atom is 0.223 e. The lowest BCUT2D eigenvalue weighted by molar-refractivity contribution is -0.133. The summed E-state index contributed by atoms with van der Waals surface area (Å²) in [4.78, 5) is 27.5. The summed E-state index contributed by atoms with van der Waals surface area (Å²) < 4.78 is 13.1. The van der Waals surface area contributed by atoms with Crippen LogP contribution in [-0.4, -0.2) is 47.3 Å². The van der Waals surface area contributed by atoms with Crippen LogP contribution in [0, 0.1) is 11.7 Å². The smallest absolute Gasteiger partial charge is 0.223 e. The van der Waals surface area contributed by atoms with Gasteiger partial charge in [0.15, 0.2) is 0 Å². The maximum absolute atomic E-state index is 13.1. The lowest BCUT2D eigenvalue weighted by atomic mass is 10.0. The monoisotopic (exact) mass is 349 g/mol. The molecule has 1 aliphatic heterocycles. The number of carbonyl (C=O) groups is 2. The van der Waals surface area contributed by atoms with Gasteiger partial charge in [0.1, 0.15) is 5.82 Å². The van der Waals surface area contributed by atoms with Gasteiger partial charge in [0.05, 0.1) is 0 Å². The van der Waals surface area contributed by atoms with Crippen molar-refractivity contribution in [1.29, 1.82) is 0 Å². The maximum atomic E-state index is 13.1. The van der Waals surface area contributed by atoms with E-state index in [2.05, 4.69) is 18.7 Å². The van der Waals surface area contributed by atoms with E-state index in [0.29, 0.717) is 19.0 Å². The Balaban J connectivity index is 2.05. The molecule has 6 heteroatoms.